The van der Waals surface area contributed by atoms with Crippen molar-refractivity contribution in [1.82, 2.24) is 9.38 Å². The molecule has 1 fully saturated rings. The van der Waals surface area contributed by atoms with Crippen LogP contribution in [0.2, 0.25) is 0 Å². The maximum absolute atomic E-state index is 13.2. The zero-order valence-corrected chi connectivity index (χ0v) is 17.2. The van der Waals surface area contributed by atoms with E-state index >= 15 is 0 Å². The Bertz CT molecular complexity index is 1290. The number of imidazole rings is 1. The molecule has 1 aliphatic rings. The van der Waals surface area contributed by atoms with Gasteiger partial charge in [-0.15, -0.1) is 0 Å². The van der Waals surface area contributed by atoms with Gasteiger partial charge >= 0.3 is 0 Å². The number of carbonyl (C=O) groups is 2. The van der Waals surface area contributed by atoms with Crippen molar-refractivity contribution < 1.29 is 9.59 Å². The van der Waals surface area contributed by atoms with Gasteiger partial charge in [0.15, 0.2) is 0 Å². The van der Waals surface area contributed by atoms with Crippen LogP contribution in [0.15, 0.2) is 72.9 Å². The molecule has 1 saturated heterocycles. The number of hydrogen-bond donors (Lipinski definition) is 1. The summed E-state index contributed by atoms with van der Waals surface area (Å²) in [5, 5.41) is 3.06. The van der Waals surface area contributed by atoms with Gasteiger partial charge in [-0.3, -0.25) is 14.0 Å². The Morgan fingerprint density at radius 1 is 1.03 bits per heavy atom. The van der Waals surface area contributed by atoms with Crippen molar-refractivity contribution >= 4 is 29.0 Å². The molecule has 0 radical (unpaired) electrons. The van der Waals surface area contributed by atoms with Crippen LogP contribution in [-0.4, -0.2) is 27.7 Å². The van der Waals surface area contributed by atoms with Gasteiger partial charge in [0.25, 0.3) is 5.91 Å². The normalized spacial score (nSPS) is 13.7. The number of fused-ring (bicyclic) bond motifs is 1. The number of carbonyl (C=O) groups excluding carboxylic acids is 2. The minimum absolute atomic E-state index is 0.0983. The molecule has 0 unspecified atom stereocenters. The van der Waals surface area contributed by atoms with Crippen LogP contribution in [0.25, 0.3) is 16.9 Å². The smallest absolute Gasteiger partial charge is 0.256 e. The topological polar surface area (TPSA) is 66.7 Å². The molecule has 2 aromatic carbocycles. The molecule has 0 aliphatic carbocycles. The molecule has 2 aromatic heterocycles. The summed E-state index contributed by atoms with van der Waals surface area (Å²) in [5.41, 5.74) is 4.72. The Balaban J connectivity index is 1.54. The summed E-state index contributed by atoms with van der Waals surface area (Å²) >= 11 is 0. The maximum atomic E-state index is 13.2. The minimum Gasteiger partial charge on any atom is -0.312 e. The van der Waals surface area contributed by atoms with E-state index in [9.17, 15) is 9.59 Å². The van der Waals surface area contributed by atoms with Crippen molar-refractivity contribution in [2.45, 2.75) is 19.8 Å². The third kappa shape index (κ3) is 3.46. The average Bonchev–Trinajstić information content (AvgIpc) is 3.39. The molecule has 6 heteroatoms. The van der Waals surface area contributed by atoms with Crippen LogP contribution >= 0.6 is 0 Å². The molecule has 3 heterocycles. The highest BCUT2D eigenvalue weighted by atomic mass is 16.2. The van der Waals surface area contributed by atoms with E-state index in [1.54, 1.807) is 17.0 Å². The monoisotopic (exact) mass is 410 g/mol. The number of rotatable bonds is 4. The van der Waals surface area contributed by atoms with Crippen LogP contribution in [0.1, 0.15) is 28.8 Å². The number of aryl methyl sites for hydroxylation is 1. The SMILES string of the molecule is Cc1cccn2c(NC(=O)c3cccc(N4CCCC4=O)c3)c(-c3ccccc3)nc12. The van der Waals surface area contributed by atoms with Gasteiger partial charge in [-0.1, -0.05) is 42.5 Å². The third-order valence-corrected chi connectivity index (χ3v) is 5.62. The minimum atomic E-state index is -0.242. The summed E-state index contributed by atoms with van der Waals surface area (Å²) < 4.78 is 1.91. The second-order valence-corrected chi connectivity index (χ2v) is 7.71. The van der Waals surface area contributed by atoms with Crippen molar-refractivity contribution in [2.75, 3.05) is 16.8 Å². The van der Waals surface area contributed by atoms with Crippen molar-refractivity contribution in [1.29, 1.82) is 0 Å². The molecule has 0 saturated carbocycles. The first-order valence-corrected chi connectivity index (χ1v) is 10.4. The number of nitrogens with one attached hydrogen (secondary N) is 1. The Kier molecular flexibility index (Phi) is 4.75. The molecule has 1 N–H and O–H groups in total. The number of anilines is 2. The van der Waals surface area contributed by atoms with E-state index in [0.29, 0.717) is 30.0 Å². The van der Waals surface area contributed by atoms with Gasteiger partial charge in [0, 0.05) is 36.0 Å². The summed E-state index contributed by atoms with van der Waals surface area (Å²) in [6, 6.07) is 21.0. The summed E-state index contributed by atoms with van der Waals surface area (Å²) in [7, 11) is 0. The first-order chi connectivity index (χ1) is 15.1. The lowest BCUT2D eigenvalue weighted by Crippen LogP contribution is -2.24. The zero-order chi connectivity index (χ0) is 21.4. The number of benzene rings is 2. The molecule has 0 spiro atoms. The van der Waals surface area contributed by atoms with Crippen molar-refractivity contribution in [3.8, 4) is 11.3 Å². The quantitative estimate of drug-likeness (QED) is 0.531. The summed E-state index contributed by atoms with van der Waals surface area (Å²) in [6.07, 6.45) is 3.30. The third-order valence-electron chi connectivity index (χ3n) is 5.62. The first-order valence-electron chi connectivity index (χ1n) is 10.4. The predicted octanol–water partition coefficient (Wildman–Crippen LogP) is 4.69. The molecular formula is C25H22N4O2. The Hall–Kier alpha value is -3.93. The average molecular weight is 410 g/mol. The highest BCUT2D eigenvalue weighted by molar-refractivity contribution is 6.07. The first kappa shape index (κ1) is 19.1. The van der Waals surface area contributed by atoms with E-state index in [4.69, 9.17) is 4.98 Å². The highest BCUT2D eigenvalue weighted by Gasteiger charge is 2.23. The van der Waals surface area contributed by atoms with E-state index < -0.39 is 0 Å². The molecule has 2 amide bonds. The van der Waals surface area contributed by atoms with Gasteiger partial charge in [0.1, 0.15) is 17.2 Å². The lowest BCUT2D eigenvalue weighted by atomic mass is 10.1. The Morgan fingerprint density at radius 2 is 1.87 bits per heavy atom. The zero-order valence-electron chi connectivity index (χ0n) is 17.2. The largest absolute Gasteiger partial charge is 0.312 e. The maximum Gasteiger partial charge on any atom is 0.256 e. The van der Waals surface area contributed by atoms with Gasteiger partial charge in [-0.25, -0.2) is 4.98 Å². The summed E-state index contributed by atoms with van der Waals surface area (Å²) in [4.78, 5) is 31.9. The molecular weight excluding hydrogens is 388 g/mol. The molecule has 31 heavy (non-hydrogen) atoms. The van der Waals surface area contributed by atoms with E-state index in [2.05, 4.69) is 5.32 Å². The van der Waals surface area contributed by atoms with Crippen LogP contribution in [0.4, 0.5) is 11.5 Å². The number of aromatic nitrogens is 2. The van der Waals surface area contributed by atoms with Gasteiger partial charge < -0.3 is 10.2 Å². The lowest BCUT2D eigenvalue weighted by molar-refractivity contribution is -0.117. The van der Waals surface area contributed by atoms with Crippen LogP contribution < -0.4 is 10.2 Å². The Morgan fingerprint density at radius 3 is 2.65 bits per heavy atom. The molecule has 1 aliphatic heterocycles. The molecule has 0 bridgehead atoms. The second-order valence-electron chi connectivity index (χ2n) is 7.71. The fraction of sp³-hybridized carbons (Fsp3) is 0.160. The predicted molar refractivity (Wildman–Crippen MR) is 121 cm³/mol. The second kappa shape index (κ2) is 7.72. The molecule has 4 aromatic rings. The van der Waals surface area contributed by atoms with Crippen LogP contribution in [0.3, 0.4) is 0 Å². The van der Waals surface area contributed by atoms with Crippen molar-refractivity contribution in [3.05, 3.63) is 84.1 Å². The van der Waals surface area contributed by atoms with E-state index in [-0.39, 0.29) is 11.8 Å². The van der Waals surface area contributed by atoms with Gasteiger partial charge in [-0.05, 0) is 43.2 Å². The standard InChI is InChI=1S/C25H22N4O2/c1-17-8-6-15-29-23(17)26-22(18-9-3-2-4-10-18)24(29)27-25(31)19-11-5-12-20(16-19)28-14-7-13-21(28)30/h2-6,8-12,15-16H,7,13-14H2,1H3,(H,27,31). The van der Waals surface area contributed by atoms with Crippen molar-refractivity contribution in [2.24, 2.45) is 0 Å². The Labute approximate surface area is 180 Å². The van der Waals surface area contributed by atoms with Gasteiger partial charge in [-0.2, -0.15) is 0 Å². The van der Waals surface area contributed by atoms with Crippen molar-refractivity contribution in [3.63, 3.8) is 0 Å². The fourth-order valence-electron chi connectivity index (χ4n) is 4.04. The number of pyridine rings is 1. The lowest BCUT2D eigenvalue weighted by Gasteiger charge is -2.16. The van der Waals surface area contributed by atoms with E-state index in [1.165, 1.54) is 0 Å². The highest BCUT2D eigenvalue weighted by Crippen LogP contribution is 2.30. The van der Waals surface area contributed by atoms with E-state index in [1.807, 2.05) is 72.1 Å². The van der Waals surface area contributed by atoms with Crippen LogP contribution in [-0.2, 0) is 4.79 Å². The van der Waals surface area contributed by atoms with Crippen LogP contribution in [0, 0.1) is 6.92 Å². The summed E-state index contributed by atoms with van der Waals surface area (Å²) in [5.74, 6) is 0.479. The molecule has 5 rings (SSSR count). The summed E-state index contributed by atoms with van der Waals surface area (Å²) in [6.45, 7) is 2.69. The van der Waals surface area contributed by atoms with E-state index in [0.717, 1.165) is 28.9 Å². The van der Waals surface area contributed by atoms with Gasteiger partial charge in [0.2, 0.25) is 5.91 Å². The number of hydrogen-bond acceptors (Lipinski definition) is 3. The fourth-order valence-corrected chi connectivity index (χ4v) is 4.04. The van der Waals surface area contributed by atoms with Gasteiger partial charge in [0.05, 0.1) is 0 Å². The van der Waals surface area contributed by atoms with Crippen LogP contribution in [0.5, 0.6) is 0 Å². The molecule has 154 valence electrons. The number of nitrogens with zero attached hydrogens (tertiary/aromatic N) is 3. The molecule has 6 nitrogen and oxygen atoms in total. The molecule has 0 atom stereocenters. The number of amides is 2.